The number of fused-ring (bicyclic) bond motifs is 7. The Morgan fingerprint density at radius 3 is 2.46 bits per heavy atom. The predicted octanol–water partition coefficient (Wildman–Crippen LogP) is 7.69. The van der Waals surface area contributed by atoms with Crippen LogP contribution in [0.5, 0.6) is 5.75 Å². The standard InChI is InChI=1S/C49H58N8O8/c1-25-19-26(2)40(54-47(60)62-5)45(58)57-36(25)13-14-37(57)43-50-23-35(52-43)29-8-10-31-30(20-29)24-65-39-22-32-28(21-33(31)39)9-11-34-41(32)53-44(51-34)38-12-7-27(3)56(38)46(59)42(55-48(61)63-6)49(4)15-17-64-18-16-49/h8-11,20-23,25-27,36-38,40,42H,7,12-19,24H2,1-6H3,(H,50,52)(H,51,53)(H,54,60)(H,55,61). The van der Waals surface area contributed by atoms with Crippen LogP contribution in [0.2, 0.25) is 0 Å². The van der Waals surface area contributed by atoms with Crippen molar-refractivity contribution >= 4 is 45.8 Å². The van der Waals surface area contributed by atoms with E-state index >= 15 is 0 Å². The van der Waals surface area contributed by atoms with Crippen LogP contribution in [-0.2, 0) is 30.4 Å². The molecule has 5 aliphatic rings. The van der Waals surface area contributed by atoms with Crippen molar-refractivity contribution in [3.05, 3.63) is 65.9 Å². The van der Waals surface area contributed by atoms with E-state index in [1.54, 1.807) is 0 Å². The maximum atomic E-state index is 14.6. The second-order valence-electron chi connectivity index (χ2n) is 19.2. The molecule has 5 aliphatic heterocycles. The smallest absolute Gasteiger partial charge is 0.407 e. The Labute approximate surface area is 377 Å². The second-order valence-corrected chi connectivity index (χ2v) is 19.2. The molecule has 0 radical (unpaired) electrons. The Morgan fingerprint density at radius 1 is 0.892 bits per heavy atom. The zero-order valence-corrected chi connectivity index (χ0v) is 37.9. The summed E-state index contributed by atoms with van der Waals surface area (Å²) >= 11 is 0. The Bertz CT molecular complexity index is 2690. The van der Waals surface area contributed by atoms with E-state index in [0.717, 1.165) is 93.4 Å². The van der Waals surface area contributed by atoms with Crippen LogP contribution in [0.25, 0.3) is 44.2 Å². The molecule has 65 heavy (non-hydrogen) atoms. The van der Waals surface area contributed by atoms with Crippen LogP contribution in [0.1, 0.15) is 102 Å². The number of alkyl carbamates (subject to hydrolysis) is 2. The monoisotopic (exact) mass is 886 g/mol. The summed E-state index contributed by atoms with van der Waals surface area (Å²) in [5.41, 5.74) is 6.13. The fourth-order valence-electron chi connectivity index (χ4n) is 11.5. The average Bonchev–Trinajstić information content (AvgIpc) is 4.13. The van der Waals surface area contributed by atoms with E-state index in [0.29, 0.717) is 38.5 Å². The van der Waals surface area contributed by atoms with Gasteiger partial charge in [0.05, 0.1) is 49.2 Å². The van der Waals surface area contributed by atoms with Crippen LogP contribution in [0.15, 0.2) is 48.7 Å². The van der Waals surface area contributed by atoms with Gasteiger partial charge in [0.15, 0.2) is 0 Å². The molecule has 0 aliphatic carbocycles. The summed E-state index contributed by atoms with van der Waals surface area (Å²) in [6, 6.07) is 12.8. The number of benzene rings is 3. The molecule has 16 nitrogen and oxygen atoms in total. The fourth-order valence-corrected chi connectivity index (χ4v) is 11.5. The third kappa shape index (κ3) is 7.43. The van der Waals surface area contributed by atoms with E-state index < -0.39 is 29.7 Å². The summed E-state index contributed by atoms with van der Waals surface area (Å²) in [6.45, 7) is 9.74. The minimum atomic E-state index is -0.774. The Balaban J connectivity index is 0.908. The van der Waals surface area contributed by atoms with Crippen LogP contribution < -0.4 is 15.4 Å². The zero-order chi connectivity index (χ0) is 45.3. The lowest BCUT2D eigenvalue weighted by atomic mass is 9.75. The van der Waals surface area contributed by atoms with Gasteiger partial charge in [-0.2, -0.15) is 0 Å². The number of likely N-dealkylation sites (tertiary alicyclic amines) is 1. The van der Waals surface area contributed by atoms with Crippen molar-refractivity contribution in [1.29, 1.82) is 0 Å². The minimum Gasteiger partial charge on any atom is -0.488 e. The third-order valence-electron chi connectivity index (χ3n) is 15.2. The van der Waals surface area contributed by atoms with Crippen molar-refractivity contribution in [2.75, 3.05) is 27.4 Å². The Morgan fingerprint density at radius 2 is 1.68 bits per heavy atom. The number of hydrogen-bond acceptors (Lipinski definition) is 10. The minimum absolute atomic E-state index is 0.0320. The quantitative estimate of drug-likeness (QED) is 0.126. The summed E-state index contributed by atoms with van der Waals surface area (Å²) in [4.78, 5) is 74.5. The number of nitrogens with zero attached hydrogens (tertiary/aromatic N) is 4. The van der Waals surface area contributed by atoms with E-state index in [1.165, 1.54) is 14.2 Å². The highest BCUT2D eigenvalue weighted by Crippen LogP contribution is 2.46. The van der Waals surface area contributed by atoms with Crippen LogP contribution >= 0.6 is 0 Å². The summed E-state index contributed by atoms with van der Waals surface area (Å²) in [7, 11) is 2.63. The van der Waals surface area contributed by atoms with Gasteiger partial charge in [0.25, 0.3) is 0 Å². The van der Waals surface area contributed by atoms with Crippen molar-refractivity contribution in [3.8, 4) is 28.1 Å². The number of methoxy groups -OCH3 is 2. The number of hydrogen-bond donors (Lipinski definition) is 4. The molecule has 16 heteroatoms. The molecular weight excluding hydrogens is 829 g/mol. The Kier molecular flexibility index (Phi) is 11.0. The summed E-state index contributed by atoms with van der Waals surface area (Å²) < 4.78 is 22.0. The van der Waals surface area contributed by atoms with E-state index in [9.17, 15) is 19.2 Å². The molecule has 8 atom stereocenters. The lowest BCUT2D eigenvalue weighted by Gasteiger charge is -2.42. The fraction of sp³-hybridized carbons (Fsp3) is 0.510. The van der Waals surface area contributed by atoms with Crippen LogP contribution in [-0.4, -0.2) is 105 Å². The van der Waals surface area contributed by atoms with Crippen molar-refractivity contribution in [2.24, 2.45) is 17.3 Å². The van der Waals surface area contributed by atoms with Crippen molar-refractivity contribution in [1.82, 2.24) is 40.4 Å². The van der Waals surface area contributed by atoms with Crippen molar-refractivity contribution in [3.63, 3.8) is 0 Å². The molecule has 2 aromatic heterocycles. The molecule has 5 aromatic rings. The molecule has 8 unspecified atom stereocenters. The number of H-pyrrole nitrogens is 2. The van der Waals surface area contributed by atoms with Gasteiger partial charge in [-0.05, 0) is 110 Å². The van der Waals surface area contributed by atoms with E-state index in [-0.39, 0.29) is 47.8 Å². The second kappa shape index (κ2) is 16.7. The SMILES string of the molecule is COC(=O)NC1C(=O)N2C(c3ncc(-c4ccc5c(c4)COc4cc6c(ccc7[nH]c(C8CCC(C)N8C(=O)C(NC(=O)OC)C8(C)CCOCC8)nc76)cc4-5)[nH]3)CCC2C(C)CC1C. The summed E-state index contributed by atoms with van der Waals surface area (Å²) in [5.74, 6) is 2.23. The average molecular weight is 887 g/mol. The lowest BCUT2D eigenvalue weighted by Crippen LogP contribution is -2.58. The zero-order valence-electron chi connectivity index (χ0n) is 37.9. The molecule has 3 aromatic carbocycles. The van der Waals surface area contributed by atoms with Gasteiger partial charge in [-0.15, -0.1) is 0 Å². The third-order valence-corrected chi connectivity index (χ3v) is 15.2. The normalized spacial score (nSPS) is 26.4. The van der Waals surface area contributed by atoms with Crippen LogP contribution in [0.3, 0.4) is 0 Å². The Hall–Kier alpha value is -6.16. The molecule has 4 saturated heterocycles. The molecule has 0 spiro atoms. The molecule has 4 fully saturated rings. The number of nitrogens with one attached hydrogen (secondary N) is 4. The maximum absolute atomic E-state index is 14.6. The van der Waals surface area contributed by atoms with E-state index in [4.69, 9.17) is 28.9 Å². The highest BCUT2D eigenvalue weighted by Gasteiger charge is 2.49. The first-order valence-electron chi connectivity index (χ1n) is 23.0. The lowest BCUT2D eigenvalue weighted by molar-refractivity contribution is -0.141. The molecular formula is C49H58N8O8. The van der Waals surface area contributed by atoms with E-state index in [1.807, 2.05) is 35.9 Å². The molecule has 342 valence electrons. The molecule has 4 amide bonds. The van der Waals surface area contributed by atoms with Gasteiger partial charge in [-0.1, -0.05) is 39.0 Å². The summed E-state index contributed by atoms with van der Waals surface area (Å²) in [6.07, 6.45) is 5.91. The number of carbonyl (C=O) groups is 4. The van der Waals surface area contributed by atoms with Gasteiger partial charge in [0.2, 0.25) is 11.8 Å². The van der Waals surface area contributed by atoms with Gasteiger partial charge < -0.3 is 49.3 Å². The van der Waals surface area contributed by atoms with Crippen molar-refractivity contribution < 1.29 is 38.1 Å². The number of rotatable bonds is 7. The van der Waals surface area contributed by atoms with Gasteiger partial charge in [-0.3, -0.25) is 9.59 Å². The number of aromatic nitrogens is 4. The largest absolute Gasteiger partial charge is 0.488 e. The van der Waals surface area contributed by atoms with Gasteiger partial charge in [-0.25, -0.2) is 19.6 Å². The number of ether oxygens (including phenoxy) is 4. The first-order chi connectivity index (χ1) is 31.3. The van der Waals surface area contributed by atoms with Crippen molar-refractivity contribution in [2.45, 2.75) is 115 Å². The predicted molar refractivity (Wildman–Crippen MR) is 242 cm³/mol. The first-order valence-corrected chi connectivity index (χ1v) is 23.0. The number of aromatic amines is 2. The number of amides is 4. The molecule has 10 rings (SSSR count). The molecule has 0 bridgehead atoms. The highest BCUT2D eigenvalue weighted by atomic mass is 16.5. The van der Waals surface area contributed by atoms with Crippen LogP contribution in [0.4, 0.5) is 9.59 Å². The molecule has 0 saturated carbocycles. The summed E-state index contributed by atoms with van der Waals surface area (Å²) in [5, 5.41) is 7.67. The molecule has 7 heterocycles. The number of imidazole rings is 2. The maximum Gasteiger partial charge on any atom is 0.407 e. The van der Waals surface area contributed by atoms with Gasteiger partial charge in [0.1, 0.15) is 36.1 Å². The van der Waals surface area contributed by atoms with Crippen LogP contribution in [0, 0.1) is 17.3 Å². The topological polar surface area (TPSA) is 193 Å². The van der Waals surface area contributed by atoms with E-state index in [2.05, 4.69) is 70.8 Å². The molecule has 4 N–H and O–H groups in total. The van der Waals surface area contributed by atoms with Gasteiger partial charge in [0, 0.05) is 41.7 Å². The van der Waals surface area contributed by atoms with Gasteiger partial charge >= 0.3 is 12.2 Å². The first kappa shape index (κ1) is 42.8. The highest BCUT2D eigenvalue weighted by molar-refractivity contribution is 6.07. The number of carbonyl (C=O) groups excluding carboxylic acids is 4.